The maximum Gasteiger partial charge on any atom is 0.225 e. The number of rotatable bonds is 6. The van der Waals surface area contributed by atoms with Gasteiger partial charge in [-0.25, -0.2) is 14.1 Å². The van der Waals surface area contributed by atoms with Crippen molar-refractivity contribution < 1.29 is 18.7 Å². The summed E-state index contributed by atoms with van der Waals surface area (Å²) < 4.78 is 30.6. The predicted molar refractivity (Wildman–Crippen MR) is 142 cm³/mol. The quantitative estimate of drug-likeness (QED) is 0.297. The number of carbonyl (C=O) groups is 1. The Kier molecular flexibility index (Phi) is 6.30. The third-order valence-corrected chi connectivity index (χ3v) is 7.47. The van der Waals surface area contributed by atoms with Crippen molar-refractivity contribution in [2.24, 2.45) is 13.0 Å². The Hall–Kier alpha value is -4.25. The number of hydrogen-bond acceptors (Lipinski definition) is 8. The van der Waals surface area contributed by atoms with Gasteiger partial charge in [0.05, 0.1) is 46.7 Å². The van der Waals surface area contributed by atoms with Crippen LogP contribution in [0.1, 0.15) is 47.7 Å². The van der Waals surface area contributed by atoms with Gasteiger partial charge in [-0.15, -0.1) is 5.10 Å². The molecule has 0 N–H and O–H groups in total. The number of carbonyl (C=O) groups excluding carboxylic acids is 1. The first-order chi connectivity index (χ1) is 18.9. The summed E-state index contributed by atoms with van der Waals surface area (Å²) in [5, 5.41) is 9.01. The maximum absolute atomic E-state index is 15.5. The second-order valence-electron chi connectivity index (χ2n) is 9.84. The van der Waals surface area contributed by atoms with Crippen LogP contribution < -0.4 is 4.74 Å². The van der Waals surface area contributed by atoms with Crippen molar-refractivity contribution in [3.8, 4) is 17.1 Å². The fourth-order valence-corrected chi connectivity index (χ4v) is 5.70. The van der Waals surface area contributed by atoms with Crippen LogP contribution in [0.2, 0.25) is 0 Å². The Labute approximate surface area is 223 Å². The number of nitrogens with zero attached hydrogens (tertiary/aromatic N) is 7. The molecule has 0 saturated carbocycles. The molecule has 6 heterocycles. The zero-order valence-electron chi connectivity index (χ0n) is 22.2. The number of hydrogen-bond donors (Lipinski definition) is 0. The second-order valence-corrected chi connectivity index (χ2v) is 9.84. The molecule has 0 spiro atoms. The SMILES string of the molecule is COc1nc(C(C)=O)cc2c1c1ncc(-c3c(C)nnn3C)cc1n2[C@@H](c1ncccc1F)C1CCOCC1. The summed E-state index contributed by atoms with van der Waals surface area (Å²) in [6, 6.07) is 6.27. The molecule has 1 aliphatic heterocycles. The molecule has 0 aliphatic carbocycles. The zero-order valence-corrected chi connectivity index (χ0v) is 22.2. The molecule has 11 heteroatoms. The molecule has 0 unspecified atom stereocenters. The average molecular weight is 530 g/mol. The van der Waals surface area contributed by atoms with Crippen LogP contribution in [0.15, 0.2) is 36.7 Å². The number of fused-ring (bicyclic) bond motifs is 3. The highest BCUT2D eigenvalue weighted by Gasteiger charge is 2.34. The number of aromatic nitrogens is 7. The van der Waals surface area contributed by atoms with Crippen molar-refractivity contribution in [2.75, 3.05) is 20.3 Å². The summed E-state index contributed by atoms with van der Waals surface area (Å²) >= 11 is 0. The van der Waals surface area contributed by atoms with Gasteiger partial charge in [-0.2, -0.15) is 0 Å². The Balaban J connectivity index is 1.75. The van der Waals surface area contributed by atoms with E-state index in [4.69, 9.17) is 14.5 Å². The Morgan fingerprint density at radius 2 is 2.00 bits per heavy atom. The molecule has 5 aromatic rings. The Morgan fingerprint density at radius 3 is 2.67 bits per heavy atom. The number of Topliss-reactive ketones (excluding diaryl/α,β-unsaturated/α-hetero) is 1. The van der Waals surface area contributed by atoms with Gasteiger partial charge in [0.25, 0.3) is 0 Å². The van der Waals surface area contributed by atoms with Gasteiger partial charge in [-0.05, 0) is 49.9 Å². The van der Waals surface area contributed by atoms with Crippen LogP contribution in [-0.4, -0.2) is 60.6 Å². The van der Waals surface area contributed by atoms with Gasteiger partial charge >= 0.3 is 0 Å². The van der Waals surface area contributed by atoms with Gasteiger partial charge in [0.1, 0.15) is 17.0 Å². The molecule has 10 nitrogen and oxygen atoms in total. The van der Waals surface area contributed by atoms with Crippen molar-refractivity contribution in [3.63, 3.8) is 0 Å². The van der Waals surface area contributed by atoms with Crippen molar-refractivity contribution in [1.29, 1.82) is 0 Å². The summed E-state index contributed by atoms with van der Waals surface area (Å²) in [6.45, 7) is 4.49. The molecule has 1 fully saturated rings. The highest BCUT2D eigenvalue weighted by Crippen LogP contribution is 2.43. The van der Waals surface area contributed by atoms with E-state index in [1.165, 1.54) is 20.1 Å². The highest BCUT2D eigenvalue weighted by molar-refractivity contribution is 6.11. The zero-order chi connectivity index (χ0) is 27.3. The van der Waals surface area contributed by atoms with E-state index in [2.05, 4.69) is 24.8 Å². The molecule has 1 atom stereocenters. The molecule has 1 aliphatic rings. The van der Waals surface area contributed by atoms with E-state index < -0.39 is 11.9 Å². The van der Waals surface area contributed by atoms with Gasteiger partial charge in [0.2, 0.25) is 5.88 Å². The van der Waals surface area contributed by atoms with E-state index in [-0.39, 0.29) is 23.3 Å². The van der Waals surface area contributed by atoms with Gasteiger partial charge in [0, 0.05) is 45.1 Å². The average Bonchev–Trinajstić information content (AvgIpc) is 3.45. The van der Waals surface area contributed by atoms with Crippen LogP contribution in [-0.2, 0) is 11.8 Å². The number of halogens is 1. The van der Waals surface area contributed by atoms with Crippen LogP contribution in [0.3, 0.4) is 0 Å². The maximum atomic E-state index is 15.5. The fourth-order valence-electron chi connectivity index (χ4n) is 5.70. The van der Waals surface area contributed by atoms with Crippen molar-refractivity contribution in [1.82, 2.24) is 34.5 Å². The van der Waals surface area contributed by atoms with Crippen molar-refractivity contribution in [3.05, 3.63) is 59.6 Å². The molecule has 0 bridgehead atoms. The summed E-state index contributed by atoms with van der Waals surface area (Å²) in [7, 11) is 3.34. The lowest BCUT2D eigenvalue weighted by Crippen LogP contribution is -2.28. The fraction of sp³-hybridized carbons (Fsp3) is 0.357. The van der Waals surface area contributed by atoms with Crippen LogP contribution in [0, 0.1) is 18.7 Å². The monoisotopic (exact) mass is 529 g/mol. The van der Waals surface area contributed by atoms with Crippen LogP contribution in [0.25, 0.3) is 33.2 Å². The van der Waals surface area contributed by atoms with E-state index in [1.807, 2.05) is 20.0 Å². The van der Waals surface area contributed by atoms with Gasteiger partial charge in [0.15, 0.2) is 5.78 Å². The smallest absolute Gasteiger partial charge is 0.225 e. The summed E-state index contributed by atoms with van der Waals surface area (Å²) in [6.07, 6.45) is 4.82. The lowest BCUT2D eigenvalue weighted by atomic mass is 9.88. The lowest BCUT2D eigenvalue weighted by Gasteiger charge is -2.32. The first-order valence-electron chi connectivity index (χ1n) is 12.8. The first-order valence-corrected chi connectivity index (χ1v) is 12.8. The number of pyridine rings is 3. The Morgan fingerprint density at radius 1 is 1.21 bits per heavy atom. The summed E-state index contributed by atoms with van der Waals surface area (Å²) in [5.74, 6) is -0.297. The molecule has 1 saturated heterocycles. The topological polar surface area (TPSA) is 110 Å². The summed E-state index contributed by atoms with van der Waals surface area (Å²) in [4.78, 5) is 26.4. The normalized spacial score (nSPS) is 15.2. The number of aryl methyl sites for hydroxylation is 2. The molecular formula is C28H28FN7O3. The number of ketones is 1. The third kappa shape index (κ3) is 4.13. The molecule has 6 rings (SSSR count). The van der Waals surface area contributed by atoms with E-state index in [1.54, 1.807) is 29.2 Å². The highest BCUT2D eigenvalue weighted by atomic mass is 19.1. The van der Waals surface area contributed by atoms with E-state index >= 15 is 4.39 Å². The Bertz CT molecular complexity index is 1700. The van der Waals surface area contributed by atoms with Gasteiger partial charge < -0.3 is 14.0 Å². The van der Waals surface area contributed by atoms with Crippen LogP contribution in [0.4, 0.5) is 4.39 Å². The molecule has 0 radical (unpaired) electrons. The van der Waals surface area contributed by atoms with Crippen LogP contribution >= 0.6 is 0 Å². The lowest BCUT2D eigenvalue weighted by molar-refractivity contribution is 0.0543. The minimum absolute atomic E-state index is 0.0191. The van der Waals surface area contributed by atoms with E-state index in [9.17, 15) is 4.79 Å². The molecule has 39 heavy (non-hydrogen) atoms. The van der Waals surface area contributed by atoms with Gasteiger partial charge in [-0.1, -0.05) is 5.21 Å². The minimum atomic E-state index is -0.496. The van der Waals surface area contributed by atoms with Gasteiger partial charge in [-0.3, -0.25) is 14.8 Å². The largest absolute Gasteiger partial charge is 0.480 e. The minimum Gasteiger partial charge on any atom is -0.480 e. The van der Waals surface area contributed by atoms with Crippen molar-refractivity contribution in [2.45, 2.75) is 32.7 Å². The molecular weight excluding hydrogens is 501 g/mol. The number of ether oxygens (including phenoxy) is 2. The van der Waals surface area contributed by atoms with E-state index in [0.29, 0.717) is 35.3 Å². The van der Waals surface area contributed by atoms with E-state index in [0.717, 1.165) is 35.3 Å². The van der Waals surface area contributed by atoms with Crippen molar-refractivity contribution >= 4 is 27.7 Å². The predicted octanol–water partition coefficient (Wildman–Crippen LogP) is 4.45. The molecule has 200 valence electrons. The first kappa shape index (κ1) is 25.1. The molecule has 0 amide bonds. The molecule has 5 aromatic heterocycles. The second kappa shape index (κ2) is 9.81. The third-order valence-electron chi connectivity index (χ3n) is 7.47. The standard InChI is InChI=1S/C28H28FN7O3/c1-15-26(35(3)34-33-15)18-12-22-25(31-14-18)23-21(13-20(16(2)37)32-28(23)38-4)36(22)27(17-7-10-39-11-8-17)24-19(29)6-5-9-30-24/h5-6,9,12-14,17,27H,7-8,10-11H2,1-4H3/t27-/m1/s1. The number of methoxy groups -OCH3 is 1. The molecule has 0 aromatic carbocycles. The van der Waals surface area contributed by atoms with Crippen LogP contribution in [0.5, 0.6) is 5.88 Å². The summed E-state index contributed by atoms with van der Waals surface area (Å²) in [5.41, 5.74) is 5.02.